The summed E-state index contributed by atoms with van der Waals surface area (Å²) in [6, 6.07) is -0.889. The van der Waals surface area contributed by atoms with Gasteiger partial charge in [0.1, 0.15) is 0 Å². The summed E-state index contributed by atoms with van der Waals surface area (Å²) in [4.78, 5) is 9.50. The number of carbonyl (C=O) groups is 1. The lowest BCUT2D eigenvalue weighted by Crippen LogP contribution is -2.19. The van der Waals surface area contributed by atoms with Crippen molar-refractivity contribution >= 4 is 6.41 Å². The topological polar surface area (TPSA) is 29.1 Å². The van der Waals surface area contributed by atoms with Crippen LogP contribution in [0, 0.1) is 0 Å². The maximum absolute atomic E-state index is 11.8. The van der Waals surface area contributed by atoms with E-state index in [9.17, 15) is 13.6 Å². The molecular weight excluding hydrogens is 116 g/mol. The molecule has 0 aromatic carbocycles. The van der Waals surface area contributed by atoms with Crippen LogP contribution in [0.15, 0.2) is 0 Å². The molecule has 0 unspecified atom stereocenters. The van der Waals surface area contributed by atoms with Gasteiger partial charge in [-0.25, -0.2) is 8.78 Å². The van der Waals surface area contributed by atoms with E-state index in [4.69, 9.17) is 0 Å². The molecule has 0 aliphatic heterocycles. The minimum absolute atomic E-state index is 0.203. The Morgan fingerprint density at radius 2 is 2.25 bits per heavy atom. The number of hydrogen-bond acceptors (Lipinski definition) is 1. The van der Waals surface area contributed by atoms with E-state index in [1.165, 1.54) is 0 Å². The highest BCUT2D eigenvalue weighted by Gasteiger charge is 2.56. The van der Waals surface area contributed by atoms with Crippen molar-refractivity contribution in [1.29, 1.82) is 0 Å². The molecule has 1 aliphatic rings. The first-order chi connectivity index (χ1) is 3.67. The van der Waals surface area contributed by atoms with E-state index in [1.807, 2.05) is 5.32 Å². The Kier molecular flexibility index (Phi) is 0.957. The Bertz CT molecular complexity index is 115. The normalized spacial score (nSPS) is 31.5. The lowest BCUT2D eigenvalue weighted by atomic mass is 10.7. The molecule has 2 nitrogen and oxygen atoms in total. The largest absolute Gasteiger partial charge is 0.350 e. The van der Waals surface area contributed by atoms with Crippen LogP contribution < -0.4 is 5.32 Å². The van der Waals surface area contributed by atoms with Gasteiger partial charge < -0.3 is 5.32 Å². The zero-order valence-electron chi connectivity index (χ0n) is 4.03. The molecule has 1 aliphatic carbocycles. The van der Waals surface area contributed by atoms with Crippen LogP contribution in [0.5, 0.6) is 0 Å². The SMILES string of the molecule is O=CN[C@@H]1CC1(F)F. The molecule has 1 atom stereocenters. The first kappa shape index (κ1) is 5.47. The minimum atomic E-state index is -2.62. The monoisotopic (exact) mass is 121 g/mol. The zero-order valence-corrected chi connectivity index (χ0v) is 4.03. The van der Waals surface area contributed by atoms with E-state index in [-0.39, 0.29) is 6.42 Å². The van der Waals surface area contributed by atoms with Crippen LogP contribution >= 0.6 is 0 Å². The number of rotatable bonds is 2. The lowest BCUT2D eigenvalue weighted by molar-refractivity contribution is -0.110. The maximum Gasteiger partial charge on any atom is 0.270 e. The Labute approximate surface area is 44.9 Å². The van der Waals surface area contributed by atoms with Crippen molar-refractivity contribution in [3.05, 3.63) is 0 Å². The molecule has 1 amide bonds. The number of nitrogens with one attached hydrogen (secondary N) is 1. The van der Waals surface area contributed by atoms with Crippen LogP contribution in [0.2, 0.25) is 0 Å². The molecule has 1 rings (SSSR count). The molecule has 4 heteroatoms. The highest BCUT2D eigenvalue weighted by Crippen LogP contribution is 2.41. The van der Waals surface area contributed by atoms with Gasteiger partial charge in [0, 0.05) is 6.42 Å². The molecule has 46 valence electrons. The number of hydrogen-bond donors (Lipinski definition) is 1. The summed E-state index contributed by atoms with van der Waals surface area (Å²) >= 11 is 0. The average molecular weight is 121 g/mol. The first-order valence-corrected chi connectivity index (χ1v) is 2.24. The highest BCUT2D eigenvalue weighted by atomic mass is 19.3. The van der Waals surface area contributed by atoms with Crippen molar-refractivity contribution in [2.45, 2.75) is 18.4 Å². The third kappa shape index (κ3) is 0.778. The Balaban J connectivity index is 2.26. The predicted molar refractivity (Wildman–Crippen MR) is 22.6 cm³/mol. The number of alkyl halides is 2. The van der Waals surface area contributed by atoms with Gasteiger partial charge in [0.25, 0.3) is 5.92 Å². The summed E-state index contributed by atoms with van der Waals surface area (Å²) in [5.41, 5.74) is 0. The fourth-order valence-corrected chi connectivity index (χ4v) is 0.476. The lowest BCUT2D eigenvalue weighted by Gasteiger charge is -1.90. The molecule has 8 heavy (non-hydrogen) atoms. The van der Waals surface area contributed by atoms with Crippen molar-refractivity contribution in [2.24, 2.45) is 0 Å². The van der Waals surface area contributed by atoms with Crippen molar-refractivity contribution in [3.63, 3.8) is 0 Å². The number of carbonyl (C=O) groups excluding carboxylic acids is 1. The average Bonchev–Trinajstić information content (AvgIpc) is 2.15. The molecule has 0 radical (unpaired) electrons. The van der Waals surface area contributed by atoms with Crippen LogP contribution in [0.3, 0.4) is 0 Å². The fourth-order valence-electron chi connectivity index (χ4n) is 0.476. The second-order valence-corrected chi connectivity index (χ2v) is 1.80. The van der Waals surface area contributed by atoms with Crippen LogP contribution in [0.4, 0.5) is 8.78 Å². The standard InChI is InChI=1S/C4H5F2NO/c5-4(6)1-3(4)7-2-8/h2-3H,1H2,(H,7,8)/t3-/m1/s1. The molecule has 0 spiro atoms. The van der Waals surface area contributed by atoms with E-state index in [2.05, 4.69) is 0 Å². The molecule has 0 saturated heterocycles. The van der Waals surface area contributed by atoms with Gasteiger partial charge in [0.05, 0.1) is 6.04 Å². The minimum Gasteiger partial charge on any atom is -0.350 e. The molecule has 1 saturated carbocycles. The molecular formula is C4H5F2NO. The summed E-state index contributed by atoms with van der Waals surface area (Å²) in [7, 11) is 0. The van der Waals surface area contributed by atoms with E-state index in [1.54, 1.807) is 0 Å². The molecule has 1 fully saturated rings. The van der Waals surface area contributed by atoms with Gasteiger partial charge in [-0.1, -0.05) is 0 Å². The van der Waals surface area contributed by atoms with Crippen molar-refractivity contribution in [1.82, 2.24) is 5.32 Å². The fraction of sp³-hybridized carbons (Fsp3) is 0.750. The molecule has 0 aromatic rings. The van der Waals surface area contributed by atoms with Crippen molar-refractivity contribution in [3.8, 4) is 0 Å². The van der Waals surface area contributed by atoms with E-state index >= 15 is 0 Å². The Morgan fingerprint density at radius 1 is 1.75 bits per heavy atom. The smallest absolute Gasteiger partial charge is 0.270 e. The highest BCUT2D eigenvalue weighted by molar-refractivity contribution is 5.48. The van der Waals surface area contributed by atoms with Crippen molar-refractivity contribution in [2.75, 3.05) is 0 Å². The third-order valence-electron chi connectivity index (χ3n) is 1.10. The van der Waals surface area contributed by atoms with Gasteiger partial charge in [0.15, 0.2) is 0 Å². The Hall–Kier alpha value is -0.670. The zero-order chi connectivity index (χ0) is 6.20. The number of halogens is 2. The maximum atomic E-state index is 11.8. The van der Waals surface area contributed by atoms with Gasteiger partial charge >= 0.3 is 0 Å². The summed E-state index contributed by atoms with van der Waals surface area (Å²) < 4.78 is 23.5. The second kappa shape index (κ2) is 1.40. The van der Waals surface area contributed by atoms with E-state index in [0.717, 1.165) is 0 Å². The quantitative estimate of drug-likeness (QED) is 0.517. The molecule has 0 bridgehead atoms. The Morgan fingerprint density at radius 3 is 2.38 bits per heavy atom. The molecule has 1 N–H and O–H groups in total. The molecule has 0 heterocycles. The molecule has 0 aromatic heterocycles. The van der Waals surface area contributed by atoms with Gasteiger partial charge in [-0.05, 0) is 0 Å². The summed E-state index contributed by atoms with van der Waals surface area (Å²) in [5.74, 6) is -2.62. The predicted octanol–water partition coefficient (Wildman–Crippen LogP) is 0.140. The van der Waals surface area contributed by atoms with Crippen molar-refractivity contribution < 1.29 is 13.6 Å². The first-order valence-electron chi connectivity index (χ1n) is 2.24. The summed E-state index contributed by atoms with van der Waals surface area (Å²) in [6.45, 7) is 0. The van der Waals surface area contributed by atoms with Gasteiger partial charge in [-0.3, -0.25) is 4.79 Å². The van der Waals surface area contributed by atoms with Gasteiger partial charge in [-0.15, -0.1) is 0 Å². The van der Waals surface area contributed by atoms with Crippen LogP contribution in [0.1, 0.15) is 6.42 Å². The second-order valence-electron chi connectivity index (χ2n) is 1.80. The third-order valence-corrected chi connectivity index (χ3v) is 1.10. The summed E-state index contributed by atoms with van der Waals surface area (Å²) in [5, 5.41) is 1.98. The van der Waals surface area contributed by atoms with Crippen LogP contribution in [-0.4, -0.2) is 18.4 Å². The van der Waals surface area contributed by atoms with Gasteiger partial charge in [-0.2, -0.15) is 0 Å². The van der Waals surface area contributed by atoms with Gasteiger partial charge in [0.2, 0.25) is 6.41 Å². The van der Waals surface area contributed by atoms with E-state index in [0.29, 0.717) is 6.41 Å². The van der Waals surface area contributed by atoms with Crippen LogP contribution in [-0.2, 0) is 4.79 Å². The number of amides is 1. The van der Waals surface area contributed by atoms with Crippen LogP contribution in [0.25, 0.3) is 0 Å². The van der Waals surface area contributed by atoms with E-state index < -0.39 is 12.0 Å². The summed E-state index contributed by atoms with van der Waals surface area (Å²) in [6.07, 6.45) is 0.0946.